The first-order valence-corrected chi connectivity index (χ1v) is 8.60. The summed E-state index contributed by atoms with van der Waals surface area (Å²) in [6, 6.07) is 3.43. The Morgan fingerprint density at radius 3 is 1.71 bits per heavy atom. The third kappa shape index (κ3) is 4.74. The Morgan fingerprint density at radius 1 is 0.958 bits per heavy atom. The van der Waals surface area contributed by atoms with Gasteiger partial charge in [0.1, 0.15) is 23.4 Å². The molecule has 0 radical (unpaired) electrons. The second kappa shape index (κ2) is 9.32. The Balaban J connectivity index is 3.42. The predicted octanol–water partition coefficient (Wildman–Crippen LogP) is 2.37. The van der Waals surface area contributed by atoms with Crippen molar-refractivity contribution >= 4 is 34.8 Å². The Kier molecular flexibility index (Phi) is 7.78. The van der Waals surface area contributed by atoms with Gasteiger partial charge in [-0.1, -0.05) is 6.07 Å². The molecule has 0 saturated heterocycles. The number of ketones is 2. The fourth-order valence-corrected chi connectivity index (χ4v) is 3.50. The summed E-state index contributed by atoms with van der Waals surface area (Å²) in [6.45, 7) is 5.97. The Hall–Kier alpha value is -2.02. The zero-order valence-electron chi connectivity index (χ0n) is 14.2. The Bertz CT molecular complexity index is 556. The highest BCUT2D eigenvalue weighted by Gasteiger charge is 2.45. The van der Waals surface area contributed by atoms with Gasteiger partial charge in [0.05, 0.1) is 13.2 Å². The summed E-state index contributed by atoms with van der Waals surface area (Å²) in [5.41, 5.74) is 0. The van der Waals surface area contributed by atoms with E-state index in [1.165, 1.54) is 25.2 Å². The van der Waals surface area contributed by atoms with Crippen LogP contribution >= 0.6 is 11.3 Å². The molecule has 0 unspecified atom stereocenters. The van der Waals surface area contributed by atoms with Crippen LogP contribution in [0.2, 0.25) is 0 Å². The third-order valence-corrected chi connectivity index (χ3v) is 4.52. The van der Waals surface area contributed by atoms with Crippen LogP contribution in [0.15, 0.2) is 17.5 Å². The van der Waals surface area contributed by atoms with Gasteiger partial charge in [0.25, 0.3) is 0 Å². The van der Waals surface area contributed by atoms with Gasteiger partial charge < -0.3 is 9.47 Å². The van der Waals surface area contributed by atoms with Gasteiger partial charge in [0, 0.05) is 10.8 Å². The molecule has 0 aliphatic carbocycles. The van der Waals surface area contributed by atoms with Crippen LogP contribution in [-0.4, -0.2) is 36.7 Å². The van der Waals surface area contributed by atoms with Crippen molar-refractivity contribution in [2.75, 3.05) is 13.2 Å². The van der Waals surface area contributed by atoms with Crippen LogP contribution < -0.4 is 0 Å². The summed E-state index contributed by atoms with van der Waals surface area (Å²) < 4.78 is 9.99. The number of esters is 2. The van der Waals surface area contributed by atoms with Crippen molar-refractivity contribution in [3.05, 3.63) is 22.4 Å². The molecule has 1 aromatic rings. The van der Waals surface area contributed by atoms with Crippen LogP contribution in [-0.2, 0) is 28.7 Å². The van der Waals surface area contributed by atoms with Gasteiger partial charge in [-0.2, -0.15) is 0 Å². The van der Waals surface area contributed by atoms with Gasteiger partial charge in [0.15, 0.2) is 0 Å². The zero-order chi connectivity index (χ0) is 18.3. The lowest BCUT2D eigenvalue weighted by molar-refractivity contribution is -0.157. The van der Waals surface area contributed by atoms with Crippen LogP contribution in [0.5, 0.6) is 0 Å². The first kappa shape index (κ1) is 20.0. The van der Waals surface area contributed by atoms with Gasteiger partial charge in [0.2, 0.25) is 0 Å². The molecule has 1 aromatic heterocycles. The lowest BCUT2D eigenvalue weighted by atomic mass is 9.76. The maximum absolute atomic E-state index is 12.3. The minimum Gasteiger partial charge on any atom is -0.465 e. The fourth-order valence-electron chi connectivity index (χ4n) is 2.60. The van der Waals surface area contributed by atoms with Crippen LogP contribution in [0.4, 0.5) is 0 Å². The van der Waals surface area contributed by atoms with Crippen molar-refractivity contribution in [3.63, 3.8) is 0 Å². The van der Waals surface area contributed by atoms with Gasteiger partial charge in [-0.3, -0.25) is 19.2 Å². The molecule has 0 fully saturated rings. The van der Waals surface area contributed by atoms with Crippen LogP contribution in [0.25, 0.3) is 0 Å². The van der Waals surface area contributed by atoms with Gasteiger partial charge in [-0.05, 0) is 39.1 Å². The van der Waals surface area contributed by atoms with Gasteiger partial charge in [-0.25, -0.2) is 0 Å². The van der Waals surface area contributed by atoms with Crippen molar-refractivity contribution in [2.24, 2.45) is 11.8 Å². The normalized spacial score (nSPS) is 13.2. The predicted molar refractivity (Wildman–Crippen MR) is 88.7 cm³/mol. The van der Waals surface area contributed by atoms with E-state index < -0.39 is 41.3 Å². The molecular weight excluding hydrogens is 332 g/mol. The molecule has 24 heavy (non-hydrogen) atoms. The van der Waals surface area contributed by atoms with E-state index in [1.807, 2.05) is 0 Å². The molecule has 0 aliphatic heterocycles. The van der Waals surface area contributed by atoms with Crippen molar-refractivity contribution in [1.29, 1.82) is 0 Å². The molecule has 1 heterocycles. The van der Waals surface area contributed by atoms with E-state index in [9.17, 15) is 19.2 Å². The molecule has 2 atom stereocenters. The van der Waals surface area contributed by atoms with Crippen molar-refractivity contribution in [2.45, 2.75) is 33.6 Å². The number of carbonyl (C=O) groups is 4. The molecule has 0 aliphatic rings. The lowest BCUT2D eigenvalue weighted by Crippen LogP contribution is -2.40. The van der Waals surface area contributed by atoms with Crippen LogP contribution in [0.3, 0.4) is 0 Å². The average Bonchev–Trinajstić information content (AvgIpc) is 3.00. The number of ether oxygens (including phenoxy) is 2. The van der Waals surface area contributed by atoms with E-state index in [-0.39, 0.29) is 13.2 Å². The third-order valence-electron chi connectivity index (χ3n) is 3.55. The SMILES string of the molecule is CCOC(=O)[C@@H](C(C)=O)C(c1cccs1)[C@H](C(C)=O)C(=O)OCC. The molecule has 6 nitrogen and oxygen atoms in total. The molecule has 0 spiro atoms. The molecule has 0 N–H and O–H groups in total. The minimum atomic E-state index is -1.23. The summed E-state index contributed by atoms with van der Waals surface area (Å²) in [5, 5.41) is 1.76. The summed E-state index contributed by atoms with van der Waals surface area (Å²) in [7, 11) is 0. The second-order valence-corrected chi connectivity index (χ2v) is 6.20. The zero-order valence-corrected chi connectivity index (χ0v) is 15.1. The van der Waals surface area contributed by atoms with Crippen LogP contribution in [0.1, 0.15) is 38.5 Å². The highest BCUT2D eigenvalue weighted by atomic mass is 32.1. The summed E-state index contributed by atoms with van der Waals surface area (Å²) >= 11 is 1.27. The molecule has 1 rings (SSSR count). The van der Waals surface area contributed by atoms with E-state index in [1.54, 1.807) is 31.4 Å². The monoisotopic (exact) mass is 354 g/mol. The summed E-state index contributed by atoms with van der Waals surface area (Å²) in [6.07, 6.45) is 0. The Morgan fingerprint density at radius 2 is 1.42 bits per heavy atom. The smallest absolute Gasteiger partial charge is 0.317 e. The highest BCUT2D eigenvalue weighted by molar-refractivity contribution is 7.10. The van der Waals surface area contributed by atoms with Crippen molar-refractivity contribution < 1.29 is 28.7 Å². The number of hydrogen-bond donors (Lipinski definition) is 0. The molecule has 0 saturated carbocycles. The number of Topliss-reactive ketones (excluding diaryl/α,β-unsaturated/α-hetero) is 2. The summed E-state index contributed by atoms with van der Waals surface area (Å²) in [5.74, 6) is -5.79. The highest BCUT2D eigenvalue weighted by Crippen LogP contribution is 2.38. The Labute approximate surface area is 145 Å². The summed E-state index contributed by atoms with van der Waals surface area (Å²) in [4.78, 5) is 49.5. The van der Waals surface area contributed by atoms with Crippen LogP contribution in [0, 0.1) is 11.8 Å². The topological polar surface area (TPSA) is 86.7 Å². The number of hydrogen-bond acceptors (Lipinski definition) is 7. The molecule has 7 heteroatoms. The van der Waals surface area contributed by atoms with Gasteiger partial charge >= 0.3 is 11.9 Å². The maximum atomic E-state index is 12.3. The number of carbonyl (C=O) groups excluding carboxylic acids is 4. The van der Waals surface area contributed by atoms with E-state index >= 15 is 0 Å². The molecule has 132 valence electrons. The van der Waals surface area contributed by atoms with Crippen molar-refractivity contribution in [1.82, 2.24) is 0 Å². The van der Waals surface area contributed by atoms with Gasteiger partial charge in [-0.15, -0.1) is 11.3 Å². The van der Waals surface area contributed by atoms with E-state index in [4.69, 9.17) is 9.47 Å². The minimum absolute atomic E-state index is 0.101. The number of thiophene rings is 1. The molecule has 0 bridgehead atoms. The van der Waals surface area contributed by atoms with E-state index in [0.717, 1.165) is 0 Å². The lowest BCUT2D eigenvalue weighted by Gasteiger charge is -2.27. The molecular formula is C17H22O6S. The first-order chi connectivity index (χ1) is 11.3. The molecule has 0 aromatic carbocycles. The quantitative estimate of drug-likeness (QED) is 0.500. The largest absolute Gasteiger partial charge is 0.465 e. The standard InChI is InChI=1S/C17H22O6S/c1-5-22-16(20)13(10(3)18)15(12-8-7-9-24-12)14(11(4)19)17(21)23-6-2/h7-9,13-15H,5-6H2,1-4H3/t13-,14-/m0/s1. The first-order valence-electron chi connectivity index (χ1n) is 7.72. The average molecular weight is 354 g/mol. The van der Waals surface area contributed by atoms with Crippen molar-refractivity contribution in [3.8, 4) is 0 Å². The second-order valence-electron chi connectivity index (χ2n) is 5.22. The fraction of sp³-hybridized carbons (Fsp3) is 0.529. The van der Waals surface area contributed by atoms with E-state index in [2.05, 4.69) is 0 Å². The van der Waals surface area contributed by atoms with E-state index in [0.29, 0.717) is 4.88 Å². The molecule has 0 amide bonds. The maximum Gasteiger partial charge on any atom is 0.317 e. The number of rotatable bonds is 9.